The predicted octanol–water partition coefficient (Wildman–Crippen LogP) is 2.32. The van der Waals surface area contributed by atoms with Crippen LogP contribution >= 0.6 is 46.6 Å². The maximum absolute atomic E-state index is 11.9. The highest BCUT2D eigenvalue weighted by atomic mass is 127. The van der Waals surface area contributed by atoms with Gasteiger partial charge in [0.25, 0.3) is 11.1 Å². The Bertz CT molecular complexity index is 437. The largest absolute Gasteiger partial charge is 0.426 e. The van der Waals surface area contributed by atoms with Gasteiger partial charge in [0.05, 0.1) is 9.58 Å². The minimum absolute atomic E-state index is 0.150. The second-order valence-electron chi connectivity index (χ2n) is 3.68. The van der Waals surface area contributed by atoms with Gasteiger partial charge in [-0.1, -0.05) is 22.6 Å². The van der Waals surface area contributed by atoms with Crippen LogP contribution in [0.1, 0.15) is 6.92 Å². The van der Waals surface area contributed by atoms with Crippen LogP contribution in [0.3, 0.4) is 0 Å². The molecule has 7 heteroatoms. The first kappa shape index (κ1) is 14.1. The molecule has 2 aliphatic heterocycles. The van der Waals surface area contributed by atoms with Crippen LogP contribution in [-0.4, -0.2) is 44.3 Å². The summed E-state index contributed by atoms with van der Waals surface area (Å²) in [5.74, 6) is 1.25. The Morgan fingerprint density at radius 3 is 2.94 bits per heavy atom. The molecule has 0 radical (unpaired) electrons. The van der Waals surface area contributed by atoms with Gasteiger partial charge in [0.2, 0.25) is 0 Å². The summed E-state index contributed by atoms with van der Waals surface area (Å²) in [5.41, 5.74) is 0. The fourth-order valence-electron chi connectivity index (χ4n) is 1.67. The van der Waals surface area contributed by atoms with Gasteiger partial charge >= 0.3 is 0 Å². The van der Waals surface area contributed by atoms with E-state index in [1.165, 1.54) is 9.93 Å². The number of halogens is 1. The number of thiocarbonyl (C=S) groups is 1. The van der Waals surface area contributed by atoms with Crippen molar-refractivity contribution in [3.8, 4) is 0 Å². The predicted molar refractivity (Wildman–Crippen MR) is 85.3 cm³/mol. The molecule has 18 heavy (non-hydrogen) atoms. The SMILES string of the molecule is CCN1C(=O)/C(=C/C=C2/SCCN2CI)OC1=S. The molecule has 0 saturated carbocycles. The van der Waals surface area contributed by atoms with Crippen LogP contribution in [0.5, 0.6) is 0 Å². The Morgan fingerprint density at radius 1 is 1.56 bits per heavy atom. The van der Waals surface area contributed by atoms with Gasteiger partial charge in [-0.15, -0.1) is 11.8 Å². The lowest BCUT2D eigenvalue weighted by Crippen LogP contribution is -2.27. The van der Waals surface area contributed by atoms with Crippen molar-refractivity contribution in [2.24, 2.45) is 0 Å². The first-order valence-electron chi connectivity index (χ1n) is 5.56. The lowest BCUT2D eigenvalue weighted by molar-refractivity contribution is -0.122. The number of rotatable bonds is 3. The standard InChI is InChI=1S/C11H13IN2O2S2/c1-2-14-10(15)8(16-11(14)17)3-4-9-13(7-12)5-6-18-9/h3-4H,2,5-7H2,1H3/b8-3-,9-4+. The number of carbonyl (C=O) groups excluding carboxylic acids is 1. The number of alkyl halides is 1. The van der Waals surface area contributed by atoms with Gasteiger partial charge in [-0.05, 0) is 31.3 Å². The molecule has 4 nitrogen and oxygen atoms in total. The molecular formula is C11H13IN2O2S2. The van der Waals surface area contributed by atoms with Gasteiger partial charge in [-0.2, -0.15) is 0 Å². The minimum atomic E-state index is -0.150. The van der Waals surface area contributed by atoms with E-state index in [4.69, 9.17) is 17.0 Å². The molecule has 0 aromatic heterocycles. The van der Waals surface area contributed by atoms with Crippen LogP contribution in [0, 0.1) is 0 Å². The summed E-state index contributed by atoms with van der Waals surface area (Å²) in [6.45, 7) is 3.47. The summed E-state index contributed by atoms with van der Waals surface area (Å²) in [6.07, 6.45) is 3.66. The molecule has 0 bridgehead atoms. The Hall–Kier alpha value is -0.280. The highest BCUT2D eigenvalue weighted by molar-refractivity contribution is 14.1. The van der Waals surface area contributed by atoms with Crippen LogP contribution < -0.4 is 0 Å². The molecule has 0 atom stereocenters. The molecule has 0 aromatic carbocycles. The third-order valence-corrected chi connectivity index (χ3v) is 4.84. The Morgan fingerprint density at radius 2 is 2.33 bits per heavy atom. The van der Waals surface area contributed by atoms with Gasteiger partial charge in [-0.3, -0.25) is 9.69 Å². The van der Waals surface area contributed by atoms with E-state index < -0.39 is 0 Å². The molecule has 2 saturated heterocycles. The van der Waals surface area contributed by atoms with E-state index in [2.05, 4.69) is 27.5 Å². The third-order valence-electron chi connectivity index (χ3n) is 2.63. The Kier molecular flexibility index (Phi) is 4.91. The van der Waals surface area contributed by atoms with E-state index in [0.717, 1.165) is 16.8 Å². The van der Waals surface area contributed by atoms with Gasteiger partial charge < -0.3 is 9.64 Å². The molecule has 0 unspecified atom stereocenters. The molecule has 2 fully saturated rings. The zero-order valence-corrected chi connectivity index (χ0v) is 13.7. The fourth-order valence-corrected chi connectivity index (χ4v) is 3.93. The summed E-state index contributed by atoms with van der Waals surface area (Å²) < 4.78 is 6.25. The molecule has 2 aliphatic rings. The summed E-state index contributed by atoms with van der Waals surface area (Å²) >= 11 is 9.12. The summed E-state index contributed by atoms with van der Waals surface area (Å²) in [7, 11) is 0. The molecule has 0 aromatic rings. The number of amides is 1. The lowest BCUT2D eigenvalue weighted by Gasteiger charge is -2.13. The normalized spacial score (nSPS) is 24.6. The molecule has 2 heterocycles. The number of thioether (sulfide) groups is 1. The number of allylic oxidation sites excluding steroid dienone is 2. The van der Waals surface area contributed by atoms with Gasteiger partial charge in [-0.25, -0.2) is 0 Å². The molecule has 98 valence electrons. The number of likely N-dealkylation sites (N-methyl/N-ethyl adjacent to an activating group) is 1. The van der Waals surface area contributed by atoms with Crippen molar-refractivity contribution in [1.82, 2.24) is 9.80 Å². The minimum Gasteiger partial charge on any atom is -0.426 e. The number of hydrogen-bond donors (Lipinski definition) is 0. The Balaban J connectivity index is 2.13. The molecule has 2 rings (SSSR count). The molecule has 0 aliphatic carbocycles. The molecular weight excluding hydrogens is 383 g/mol. The molecule has 0 N–H and O–H groups in total. The second-order valence-corrected chi connectivity index (χ2v) is 5.83. The highest BCUT2D eigenvalue weighted by Crippen LogP contribution is 2.28. The Labute approximate surface area is 130 Å². The molecule has 1 amide bonds. The van der Waals surface area contributed by atoms with Crippen LogP contribution in [0.15, 0.2) is 22.9 Å². The van der Waals surface area contributed by atoms with Crippen LogP contribution in [0.25, 0.3) is 0 Å². The highest BCUT2D eigenvalue weighted by Gasteiger charge is 2.31. The van der Waals surface area contributed by atoms with Crippen molar-refractivity contribution in [3.63, 3.8) is 0 Å². The zero-order chi connectivity index (χ0) is 13.1. The van der Waals surface area contributed by atoms with E-state index >= 15 is 0 Å². The average molecular weight is 396 g/mol. The second kappa shape index (κ2) is 6.25. The van der Waals surface area contributed by atoms with E-state index in [1.54, 1.807) is 17.8 Å². The molecule has 0 spiro atoms. The number of hydrogen-bond acceptors (Lipinski definition) is 5. The topological polar surface area (TPSA) is 32.8 Å². The van der Waals surface area contributed by atoms with Crippen LogP contribution in [-0.2, 0) is 9.53 Å². The van der Waals surface area contributed by atoms with Crippen molar-refractivity contribution in [2.45, 2.75) is 6.92 Å². The summed E-state index contributed by atoms with van der Waals surface area (Å²) in [5, 5.41) is 1.42. The van der Waals surface area contributed by atoms with E-state index in [1.807, 2.05) is 13.0 Å². The zero-order valence-electron chi connectivity index (χ0n) is 9.89. The fraction of sp³-hybridized carbons (Fsp3) is 0.455. The van der Waals surface area contributed by atoms with Crippen molar-refractivity contribution < 1.29 is 9.53 Å². The van der Waals surface area contributed by atoms with Crippen molar-refractivity contribution >= 4 is 57.7 Å². The first-order chi connectivity index (χ1) is 8.67. The van der Waals surface area contributed by atoms with E-state index in [9.17, 15) is 4.79 Å². The monoisotopic (exact) mass is 396 g/mol. The maximum atomic E-state index is 11.9. The van der Waals surface area contributed by atoms with Crippen LogP contribution in [0.2, 0.25) is 0 Å². The van der Waals surface area contributed by atoms with Crippen LogP contribution in [0.4, 0.5) is 0 Å². The first-order valence-corrected chi connectivity index (χ1v) is 8.48. The van der Waals surface area contributed by atoms with E-state index in [-0.39, 0.29) is 11.1 Å². The van der Waals surface area contributed by atoms with Crippen molar-refractivity contribution in [3.05, 3.63) is 22.9 Å². The maximum Gasteiger partial charge on any atom is 0.297 e. The number of carbonyl (C=O) groups is 1. The van der Waals surface area contributed by atoms with Gasteiger partial charge in [0, 0.05) is 18.8 Å². The number of nitrogens with zero attached hydrogens (tertiary/aromatic N) is 2. The quantitative estimate of drug-likeness (QED) is 0.241. The van der Waals surface area contributed by atoms with E-state index in [0.29, 0.717) is 12.3 Å². The van der Waals surface area contributed by atoms with Crippen molar-refractivity contribution in [1.29, 1.82) is 0 Å². The van der Waals surface area contributed by atoms with Crippen molar-refractivity contribution in [2.75, 3.05) is 23.4 Å². The average Bonchev–Trinajstić information content (AvgIpc) is 2.91. The lowest BCUT2D eigenvalue weighted by atomic mass is 10.4. The number of ether oxygens (including phenoxy) is 1. The third kappa shape index (κ3) is 2.83. The van der Waals surface area contributed by atoms with Gasteiger partial charge in [0.15, 0.2) is 5.76 Å². The van der Waals surface area contributed by atoms with Gasteiger partial charge in [0.1, 0.15) is 0 Å². The smallest absolute Gasteiger partial charge is 0.297 e. The summed E-state index contributed by atoms with van der Waals surface area (Å²) in [4.78, 5) is 15.6. The summed E-state index contributed by atoms with van der Waals surface area (Å²) in [6, 6.07) is 0.